The Labute approximate surface area is 410 Å². The van der Waals surface area contributed by atoms with Gasteiger partial charge in [-0.3, -0.25) is 4.90 Å². The summed E-state index contributed by atoms with van der Waals surface area (Å²) < 4.78 is 7.67. The monoisotopic (exact) mass is 903 g/mol. The number of hydrogen-bond donors (Lipinski definition) is 0. The van der Waals surface area contributed by atoms with E-state index >= 15 is 0 Å². The van der Waals surface area contributed by atoms with E-state index in [0.29, 0.717) is 0 Å². The van der Waals surface area contributed by atoms with E-state index in [9.17, 15) is 0 Å². The molecule has 1 aromatic heterocycles. The van der Waals surface area contributed by atoms with E-state index in [1.165, 1.54) is 120 Å². The van der Waals surface area contributed by atoms with E-state index in [0.717, 1.165) is 24.3 Å². The largest absolute Gasteiger partial charge is 0.440 e. The highest BCUT2D eigenvalue weighted by Crippen LogP contribution is 2.55. The topological polar surface area (TPSA) is 19.6 Å². The molecule has 354 valence electrons. The first-order chi connectivity index (χ1) is 31.4. The lowest BCUT2D eigenvalue weighted by Gasteiger charge is -2.47. The van der Waals surface area contributed by atoms with Crippen molar-refractivity contribution in [3.63, 3.8) is 0 Å². The molecule has 0 spiro atoms. The van der Waals surface area contributed by atoms with Crippen LogP contribution in [0.1, 0.15) is 208 Å². The third-order valence-electron chi connectivity index (χ3n) is 18.6. The van der Waals surface area contributed by atoms with Crippen LogP contribution in [0.2, 0.25) is 0 Å². The molecule has 2 aliphatic heterocycles. The van der Waals surface area contributed by atoms with Gasteiger partial charge in [-0.25, -0.2) is 0 Å². The lowest BCUT2D eigenvalue weighted by molar-refractivity contribution is 0.332. The van der Waals surface area contributed by atoms with Crippen LogP contribution >= 0.6 is 0 Å². The number of fused-ring (bicyclic) bond motifs is 9. The number of furan rings is 1. The predicted octanol–water partition coefficient (Wildman–Crippen LogP) is 16.2. The van der Waals surface area contributed by atoms with Gasteiger partial charge in [-0.15, -0.1) is 0 Å². The summed E-state index contributed by atoms with van der Waals surface area (Å²) in [5.41, 5.74) is 23.1. The molecule has 0 radical (unpaired) electrons. The summed E-state index contributed by atoms with van der Waals surface area (Å²) in [7, 11) is 0. The van der Waals surface area contributed by atoms with Crippen LogP contribution in [0.4, 0.5) is 34.3 Å². The zero-order valence-corrected chi connectivity index (χ0v) is 45.1. The van der Waals surface area contributed by atoms with Crippen LogP contribution in [0.15, 0.2) is 83.3 Å². The maximum atomic E-state index is 7.67. The number of nitrogens with zero attached hydrogens (tertiary/aromatic N) is 2. The van der Waals surface area contributed by atoms with Crippen molar-refractivity contribution in [1.29, 1.82) is 0 Å². The molecule has 0 unspecified atom stereocenters. The van der Waals surface area contributed by atoms with Crippen LogP contribution < -0.4 is 26.2 Å². The molecule has 3 nitrogen and oxygen atoms in total. The van der Waals surface area contributed by atoms with Gasteiger partial charge in [0.05, 0.1) is 0 Å². The van der Waals surface area contributed by atoms with Gasteiger partial charge < -0.3 is 9.32 Å². The molecule has 11 rings (SSSR count). The first kappa shape index (κ1) is 45.7. The number of anilines is 6. The van der Waals surface area contributed by atoms with E-state index < -0.39 is 0 Å². The smallest absolute Gasteiger partial charge is 0.257 e. The Kier molecular flexibility index (Phi) is 9.42. The minimum Gasteiger partial charge on any atom is -0.440 e. The summed E-state index contributed by atoms with van der Waals surface area (Å²) in [5, 5.41) is 1.27. The Bertz CT molecular complexity index is 3100. The Morgan fingerprint density at radius 3 is 1.38 bits per heavy atom. The first-order valence-corrected chi connectivity index (χ1v) is 26.3. The SMILES string of the molecule is CC(C)(C)c1ccc(N2c3cc4c(cc3B3c5c2cc(C(C)(C)C)cc5N(c2ccc5c(c2)C(C)(C)CCC5(C)C)c2oc5cc6c(cc5c23)C(C)(C)CCC6(C)C)C(C)(C)CCC4(C)C)cc1. The molecule has 0 amide bonds. The number of benzene rings is 5. The van der Waals surface area contributed by atoms with Gasteiger partial charge in [-0.05, 0) is 192 Å². The van der Waals surface area contributed by atoms with Gasteiger partial charge in [0.15, 0.2) is 0 Å². The van der Waals surface area contributed by atoms with E-state index in [4.69, 9.17) is 4.42 Å². The second-order valence-corrected chi connectivity index (χ2v) is 28.3. The lowest BCUT2D eigenvalue weighted by Crippen LogP contribution is -2.61. The minimum atomic E-state index is -0.122. The molecule has 4 heteroatoms. The summed E-state index contributed by atoms with van der Waals surface area (Å²) >= 11 is 0. The van der Waals surface area contributed by atoms with Crippen molar-refractivity contribution >= 4 is 68.4 Å². The Morgan fingerprint density at radius 1 is 0.412 bits per heavy atom. The van der Waals surface area contributed by atoms with Crippen molar-refractivity contribution in [2.45, 2.75) is 206 Å². The van der Waals surface area contributed by atoms with Crippen molar-refractivity contribution in [1.82, 2.24) is 0 Å². The molecule has 0 saturated heterocycles. The molecule has 0 atom stereocenters. The van der Waals surface area contributed by atoms with Gasteiger partial charge in [-0.1, -0.05) is 149 Å². The van der Waals surface area contributed by atoms with Gasteiger partial charge in [0, 0.05) is 39.3 Å². The molecular weight excluding hydrogens is 824 g/mol. The molecule has 3 heterocycles. The highest BCUT2D eigenvalue weighted by molar-refractivity contribution is 7.01. The predicted molar refractivity (Wildman–Crippen MR) is 293 cm³/mol. The fourth-order valence-corrected chi connectivity index (χ4v) is 13.4. The van der Waals surface area contributed by atoms with Crippen molar-refractivity contribution in [2.75, 3.05) is 9.80 Å². The van der Waals surface area contributed by atoms with Gasteiger partial charge in [0.2, 0.25) is 5.88 Å². The molecule has 68 heavy (non-hydrogen) atoms. The highest BCUT2D eigenvalue weighted by Gasteiger charge is 2.50. The fraction of sp³-hybridized carbons (Fsp3) is 0.500. The fourth-order valence-electron chi connectivity index (χ4n) is 13.4. The molecule has 0 bridgehead atoms. The van der Waals surface area contributed by atoms with Crippen LogP contribution in [0.25, 0.3) is 11.0 Å². The van der Waals surface area contributed by atoms with Crippen molar-refractivity contribution in [3.05, 3.63) is 123 Å². The molecular formula is C64H79BN2O. The highest BCUT2D eigenvalue weighted by atomic mass is 16.4. The molecule has 3 aliphatic carbocycles. The summed E-state index contributed by atoms with van der Waals surface area (Å²) in [6.07, 6.45) is 7.02. The maximum Gasteiger partial charge on any atom is 0.257 e. The van der Waals surface area contributed by atoms with Crippen molar-refractivity contribution in [2.24, 2.45) is 0 Å². The third-order valence-corrected chi connectivity index (χ3v) is 18.6. The second-order valence-electron chi connectivity index (χ2n) is 28.3. The van der Waals surface area contributed by atoms with Crippen LogP contribution in [0.5, 0.6) is 0 Å². The second kappa shape index (κ2) is 14.0. The molecule has 0 N–H and O–H groups in total. The Hall–Kier alpha value is -4.70. The number of rotatable bonds is 2. The minimum absolute atomic E-state index is 0.0403. The van der Waals surface area contributed by atoms with Crippen molar-refractivity contribution < 1.29 is 4.42 Å². The normalized spacial score (nSPS) is 21.1. The standard InChI is InChI=1S/C64H79BN2O/c1-57(2,3)38-19-21-40(22-20-38)66-50-36-47-46(62(13,14)28-29-63(47,15)16)35-49(50)65-54-42-34-45-48(64(17,18)30-27-61(45,11)12)37-53(42)68-56(54)67(52-32-39(58(4,5)6)31-51(66)55(52)65)41-23-24-43-44(33-41)60(9,10)26-25-59(43,7)8/h19-24,31-37H,25-30H2,1-18H3. The lowest BCUT2D eigenvalue weighted by atomic mass is 9.33. The quantitative estimate of drug-likeness (QED) is 0.161. The van der Waals surface area contributed by atoms with Gasteiger partial charge >= 0.3 is 0 Å². The average molecular weight is 903 g/mol. The Morgan fingerprint density at radius 2 is 0.853 bits per heavy atom. The molecule has 5 aliphatic rings. The van der Waals surface area contributed by atoms with Crippen LogP contribution in [0.3, 0.4) is 0 Å². The van der Waals surface area contributed by atoms with Crippen LogP contribution in [-0.2, 0) is 43.3 Å². The van der Waals surface area contributed by atoms with Crippen molar-refractivity contribution in [3.8, 4) is 0 Å². The van der Waals surface area contributed by atoms with Gasteiger partial charge in [0.25, 0.3) is 6.71 Å². The Balaban J connectivity index is 1.31. The van der Waals surface area contributed by atoms with E-state index in [-0.39, 0.29) is 50.0 Å². The van der Waals surface area contributed by atoms with E-state index in [1.807, 2.05) is 0 Å². The maximum absolute atomic E-state index is 7.67. The van der Waals surface area contributed by atoms with E-state index in [1.54, 1.807) is 0 Å². The summed E-state index contributed by atoms with van der Waals surface area (Å²) in [6.45, 7) is 43.7. The van der Waals surface area contributed by atoms with Crippen LogP contribution in [0, 0.1) is 0 Å². The molecule has 6 aromatic rings. The zero-order chi connectivity index (χ0) is 48.8. The summed E-state index contributed by atoms with van der Waals surface area (Å²) in [5.74, 6) is 0.978. The first-order valence-electron chi connectivity index (χ1n) is 26.3. The van der Waals surface area contributed by atoms with E-state index in [2.05, 4.69) is 213 Å². The zero-order valence-electron chi connectivity index (χ0n) is 45.1. The summed E-state index contributed by atoms with van der Waals surface area (Å²) in [4.78, 5) is 5.24. The third kappa shape index (κ3) is 6.64. The molecule has 0 saturated carbocycles. The molecule has 5 aromatic carbocycles. The molecule has 0 fully saturated rings. The van der Waals surface area contributed by atoms with Gasteiger partial charge in [0.1, 0.15) is 5.58 Å². The summed E-state index contributed by atoms with van der Waals surface area (Å²) in [6, 6.07) is 32.5. The van der Waals surface area contributed by atoms with Crippen LogP contribution in [-0.4, -0.2) is 6.71 Å². The number of hydrogen-bond acceptors (Lipinski definition) is 3. The average Bonchev–Trinajstić information content (AvgIpc) is 3.62. The van der Waals surface area contributed by atoms with Gasteiger partial charge in [-0.2, -0.15) is 0 Å².